The topological polar surface area (TPSA) is 46.2 Å². The largest absolute Gasteiger partial charge is 0.508 e. The first kappa shape index (κ1) is 12.8. The van der Waals surface area contributed by atoms with Crippen molar-refractivity contribution in [2.24, 2.45) is 17.6 Å². The summed E-state index contributed by atoms with van der Waals surface area (Å²) < 4.78 is 0. The predicted molar refractivity (Wildman–Crippen MR) is 78.3 cm³/mol. The van der Waals surface area contributed by atoms with Crippen molar-refractivity contribution in [3.05, 3.63) is 52.6 Å². The average Bonchev–Trinajstić information content (AvgIpc) is 3.05. The molecule has 2 aliphatic rings. The lowest BCUT2D eigenvalue weighted by molar-refractivity contribution is 0.473. The van der Waals surface area contributed by atoms with Crippen molar-refractivity contribution in [1.82, 2.24) is 0 Å². The van der Waals surface area contributed by atoms with Gasteiger partial charge in [0.2, 0.25) is 0 Å². The number of phenolic OH excluding ortho intramolecular Hbond substituents is 1. The van der Waals surface area contributed by atoms with Crippen molar-refractivity contribution in [3.63, 3.8) is 0 Å². The lowest BCUT2D eigenvalue weighted by Crippen LogP contribution is -2.11. The van der Waals surface area contributed by atoms with Crippen molar-refractivity contribution in [3.8, 4) is 5.75 Å². The summed E-state index contributed by atoms with van der Waals surface area (Å²) >= 11 is 6.01. The number of phenols is 1. The molecule has 1 fully saturated rings. The Bertz CT molecular complexity index is 544. The summed E-state index contributed by atoms with van der Waals surface area (Å²) in [6, 6.07) is 5.62. The van der Waals surface area contributed by atoms with Gasteiger partial charge in [-0.05, 0) is 41.7 Å². The second kappa shape index (κ2) is 4.69. The van der Waals surface area contributed by atoms with Crippen molar-refractivity contribution in [1.29, 1.82) is 0 Å². The van der Waals surface area contributed by atoms with E-state index < -0.39 is 0 Å². The molecule has 4 unspecified atom stereocenters. The van der Waals surface area contributed by atoms with Crippen LogP contribution in [0.1, 0.15) is 24.8 Å². The highest BCUT2D eigenvalue weighted by Gasteiger charge is 2.37. The molecule has 0 radical (unpaired) electrons. The van der Waals surface area contributed by atoms with Gasteiger partial charge in [0, 0.05) is 22.9 Å². The summed E-state index contributed by atoms with van der Waals surface area (Å²) in [6.45, 7) is 2.19. The zero-order valence-electron chi connectivity index (χ0n) is 10.9. The molecule has 2 aliphatic carbocycles. The van der Waals surface area contributed by atoms with E-state index in [-0.39, 0.29) is 11.7 Å². The molecular formula is C16H18ClNO. The van der Waals surface area contributed by atoms with Gasteiger partial charge in [-0.15, -0.1) is 0 Å². The number of hydrogen-bond acceptors (Lipinski definition) is 2. The van der Waals surface area contributed by atoms with E-state index in [1.54, 1.807) is 12.1 Å². The van der Waals surface area contributed by atoms with Gasteiger partial charge in [-0.2, -0.15) is 0 Å². The van der Waals surface area contributed by atoms with Crippen molar-refractivity contribution in [2.75, 3.05) is 0 Å². The number of aromatic hydroxyl groups is 1. The Kier molecular flexibility index (Phi) is 3.15. The summed E-state index contributed by atoms with van der Waals surface area (Å²) in [6.07, 6.45) is 7.79. The Labute approximate surface area is 118 Å². The number of hydrogen-bond donors (Lipinski definition) is 2. The molecule has 0 heterocycles. The van der Waals surface area contributed by atoms with Crippen LogP contribution >= 0.6 is 11.6 Å². The molecule has 0 spiro atoms. The molecule has 0 bridgehead atoms. The molecule has 1 saturated carbocycles. The smallest absolute Gasteiger partial charge is 0.117 e. The molecule has 0 aromatic heterocycles. The van der Waals surface area contributed by atoms with Crippen LogP contribution < -0.4 is 5.73 Å². The van der Waals surface area contributed by atoms with E-state index in [0.717, 1.165) is 12.0 Å². The molecule has 4 atom stereocenters. The Hall–Kier alpha value is -1.25. The van der Waals surface area contributed by atoms with E-state index in [1.807, 2.05) is 6.07 Å². The van der Waals surface area contributed by atoms with Crippen molar-refractivity contribution in [2.45, 2.75) is 25.3 Å². The molecule has 19 heavy (non-hydrogen) atoms. The first-order valence-corrected chi connectivity index (χ1v) is 7.07. The quantitative estimate of drug-likeness (QED) is 0.866. The minimum atomic E-state index is 0.224. The Balaban J connectivity index is 1.84. The lowest BCUT2D eigenvalue weighted by atomic mass is 9.81. The Morgan fingerprint density at radius 3 is 2.63 bits per heavy atom. The molecule has 2 nitrogen and oxygen atoms in total. The normalized spacial score (nSPS) is 33.1. The molecular weight excluding hydrogens is 258 g/mol. The second-order valence-electron chi connectivity index (χ2n) is 5.66. The second-order valence-corrected chi connectivity index (χ2v) is 6.10. The van der Waals surface area contributed by atoms with E-state index in [2.05, 4.69) is 25.2 Å². The van der Waals surface area contributed by atoms with Crippen LogP contribution in [-0.2, 0) is 0 Å². The van der Waals surface area contributed by atoms with Crippen molar-refractivity contribution >= 4 is 11.6 Å². The molecule has 1 aromatic carbocycles. The monoisotopic (exact) mass is 275 g/mol. The van der Waals surface area contributed by atoms with Crippen LogP contribution in [0.25, 0.3) is 0 Å². The zero-order valence-corrected chi connectivity index (χ0v) is 11.6. The third-order valence-corrected chi connectivity index (χ3v) is 4.29. The summed E-state index contributed by atoms with van der Waals surface area (Å²) in [4.78, 5) is 0. The van der Waals surface area contributed by atoms with Crippen LogP contribution in [0.3, 0.4) is 0 Å². The number of allylic oxidation sites excluding steroid dienone is 3. The lowest BCUT2D eigenvalue weighted by Gasteiger charge is -2.24. The first-order chi connectivity index (χ1) is 9.04. The van der Waals surface area contributed by atoms with E-state index in [0.29, 0.717) is 22.9 Å². The molecule has 3 heteroatoms. The molecule has 0 amide bonds. The fourth-order valence-electron chi connectivity index (χ4n) is 2.90. The van der Waals surface area contributed by atoms with Crippen LogP contribution in [0.2, 0.25) is 5.02 Å². The van der Waals surface area contributed by atoms with Gasteiger partial charge in [0.15, 0.2) is 0 Å². The van der Waals surface area contributed by atoms with Gasteiger partial charge in [-0.1, -0.05) is 36.8 Å². The van der Waals surface area contributed by atoms with Crippen molar-refractivity contribution < 1.29 is 5.11 Å². The Morgan fingerprint density at radius 1 is 1.32 bits per heavy atom. The zero-order chi connectivity index (χ0) is 13.6. The molecule has 1 aromatic rings. The maximum Gasteiger partial charge on any atom is 0.117 e. The van der Waals surface area contributed by atoms with Gasteiger partial charge in [-0.3, -0.25) is 0 Å². The van der Waals surface area contributed by atoms with Gasteiger partial charge >= 0.3 is 0 Å². The van der Waals surface area contributed by atoms with Gasteiger partial charge in [0.1, 0.15) is 5.75 Å². The summed E-state index contributed by atoms with van der Waals surface area (Å²) in [7, 11) is 0. The molecule has 3 rings (SSSR count). The minimum absolute atomic E-state index is 0.224. The van der Waals surface area contributed by atoms with Gasteiger partial charge in [0.05, 0.1) is 0 Å². The maximum absolute atomic E-state index is 9.66. The standard InChI is InChI=1S/C16H18ClNO/c1-9-4-10(15-8-16(15)18)2-3-14(9)11-5-12(17)7-13(19)6-11/h2-7,9,14-16,19H,8,18H2,1H3. The van der Waals surface area contributed by atoms with E-state index in [4.69, 9.17) is 17.3 Å². The third-order valence-electron chi connectivity index (χ3n) is 4.08. The SMILES string of the molecule is CC1C=C(C2CC2N)C=CC1c1cc(O)cc(Cl)c1. The summed E-state index contributed by atoms with van der Waals surface area (Å²) in [5, 5.41) is 10.2. The molecule has 100 valence electrons. The molecule has 0 aliphatic heterocycles. The molecule has 3 N–H and O–H groups in total. The van der Waals surface area contributed by atoms with Crippen LogP contribution in [0, 0.1) is 11.8 Å². The van der Waals surface area contributed by atoms with E-state index >= 15 is 0 Å². The number of rotatable bonds is 2. The van der Waals surface area contributed by atoms with Crippen LogP contribution in [0.4, 0.5) is 0 Å². The van der Waals surface area contributed by atoms with E-state index in [9.17, 15) is 5.11 Å². The van der Waals surface area contributed by atoms with Gasteiger partial charge in [-0.25, -0.2) is 0 Å². The number of nitrogens with two attached hydrogens (primary N) is 1. The number of halogens is 1. The van der Waals surface area contributed by atoms with Crippen LogP contribution in [-0.4, -0.2) is 11.1 Å². The predicted octanol–water partition coefficient (Wildman–Crippen LogP) is 3.61. The Morgan fingerprint density at radius 2 is 2.05 bits per heavy atom. The van der Waals surface area contributed by atoms with Crippen LogP contribution in [0.15, 0.2) is 42.0 Å². The van der Waals surface area contributed by atoms with Gasteiger partial charge in [0.25, 0.3) is 0 Å². The molecule has 0 saturated heterocycles. The summed E-state index contributed by atoms with van der Waals surface area (Å²) in [5.41, 5.74) is 8.33. The first-order valence-electron chi connectivity index (χ1n) is 6.69. The minimum Gasteiger partial charge on any atom is -0.508 e. The highest BCUT2D eigenvalue weighted by molar-refractivity contribution is 6.30. The third kappa shape index (κ3) is 2.56. The number of benzene rings is 1. The van der Waals surface area contributed by atoms with Gasteiger partial charge < -0.3 is 10.8 Å². The summed E-state index contributed by atoms with van der Waals surface area (Å²) in [5.74, 6) is 1.43. The fraction of sp³-hybridized carbons (Fsp3) is 0.375. The highest BCUT2D eigenvalue weighted by Crippen LogP contribution is 2.42. The highest BCUT2D eigenvalue weighted by atomic mass is 35.5. The maximum atomic E-state index is 9.66. The van der Waals surface area contributed by atoms with E-state index in [1.165, 1.54) is 5.57 Å². The van der Waals surface area contributed by atoms with Crippen LogP contribution in [0.5, 0.6) is 5.75 Å². The average molecular weight is 276 g/mol. The fourth-order valence-corrected chi connectivity index (χ4v) is 3.14.